The molecule has 110 valence electrons. The van der Waals surface area contributed by atoms with E-state index < -0.39 is 17.8 Å². The van der Waals surface area contributed by atoms with Crippen LogP contribution in [0.4, 0.5) is 0 Å². The van der Waals surface area contributed by atoms with Crippen LogP contribution in [0, 0.1) is 23.7 Å². The van der Waals surface area contributed by atoms with E-state index in [1.807, 2.05) is 24.3 Å². The maximum absolute atomic E-state index is 12.3. The van der Waals surface area contributed by atoms with Crippen LogP contribution < -0.4 is 5.32 Å². The van der Waals surface area contributed by atoms with E-state index in [0.29, 0.717) is 13.0 Å². The van der Waals surface area contributed by atoms with Gasteiger partial charge in [0.25, 0.3) is 0 Å². The highest BCUT2D eigenvalue weighted by atomic mass is 16.4. The number of rotatable bonds is 5. The third-order valence-corrected chi connectivity index (χ3v) is 4.48. The molecule has 2 N–H and O–H groups in total. The van der Waals surface area contributed by atoms with Crippen LogP contribution in [0.15, 0.2) is 36.7 Å². The zero-order valence-corrected chi connectivity index (χ0v) is 11.6. The van der Waals surface area contributed by atoms with Crippen molar-refractivity contribution >= 4 is 11.9 Å². The second kappa shape index (κ2) is 5.68. The average Bonchev–Trinajstić information content (AvgIpc) is 3.08. The predicted octanol–water partition coefficient (Wildman–Crippen LogP) is 1.26. The predicted molar refractivity (Wildman–Crippen MR) is 76.3 cm³/mol. The molecule has 21 heavy (non-hydrogen) atoms. The summed E-state index contributed by atoms with van der Waals surface area (Å²) in [5.74, 6) is -1.90. The second-order valence-corrected chi connectivity index (χ2v) is 5.74. The summed E-state index contributed by atoms with van der Waals surface area (Å²) in [5, 5.41) is 12.2. The minimum absolute atomic E-state index is 0.0153. The highest BCUT2D eigenvalue weighted by molar-refractivity contribution is 5.86. The molecule has 1 aromatic heterocycles. The van der Waals surface area contributed by atoms with Crippen molar-refractivity contribution in [2.24, 2.45) is 23.7 Å². The number of aromatic nitrogens is 1. The number of carbonyl (C=O) groups is 2. The van der Waals surface area contributed by atoms with Gasteiger partial charge in [-0.1, -0.05) is 18.2 Å². The number of fused-ring (bicyclic) bond motifs is 2. The zero-order valence-electron chi connectivity index (χ0n) is 11.6. The summed E-state index contributed by atoms with van der Waals surface area (Å²) in [7, 11) is 0. The summed E-state index contributed by atoms with van der Waals surface area (Å²) in [6.45, 7) is 0.508. The number of pyridine rings is 1. The molecule has 5 heteroatoms. The molecular weight excluding hydrogens is 268 g/mol. The SMILES string of the molecule is O=C(O)C1C2C=CC(C2)C1C(=O)NCCc1cccnc1. The van der Waals surface area contributed by atoms with Crippen molar-refractivity contribution in [3.63, 3.8) is 0 Å². The van der Waals surface area contributed by atoms with E-state index in [9.17, 15) is 14.7 Å². The molecule has 4 unspecified atom stereocenters. The molecular formula is C16H18N2O3. The van der Waals surface area contributed by atoms with Gasteiger partial charge in [-0.3, -0.25) is 14.6 Å². The number of nitrogens with zero attached hydrogens (tertiary/aromatic N) is 1. The molecule has 2 aliphatic rings. The number of carbonyl (C=O) groups excluding carboxylic acids is 1. The smallest absolute Gasteiger partial charge is 0.307 e. The quantitative estimate of drug-likeness (QED) is 0.799. The average molecular weight is 286 g/mol. The molecule has 1 saturated carbocycles. The first-order valence-corrected chi connectivity index (χ1v) is 7.24. The highest BCUT2D eigenvalue weighted by Gasteiger charge is 2.51. The molecule has 1 aromatic rings. The lowest BCUT2D eigenvalue weighted by Gasteiger charge is -2.23. The van der Waals surface area contributed by atoms with Crippen LogP contribution >= 0.6 is 0 Å². The van der Waals surface area contributed by atoms with Crippen LogP contribution in [0.1, 0.15) is 12.0 Å². The molecule has 1 fully saturated rings. The van der Waals surface area contributed by atoms with Crippen molar-refractivity contribution in [2.75, 3.05) is 6.54 Å². The Balaban J connectivity index is 1.58. The number of amides is 1. The van der Waals surface area contributed by atoms with Crippen LogP contribution in [-0.4, -0.2) is 28.5 Å². The monoisotopic (exact) mass is 286 g/mol. The molecule has 4 atom stereocenters. The number of hydrogen-bond acceptors (Lipinski definition) is 3. The first-order valence-electron chi connectivity index (χ1n) is 7.24. The van der Waals surface area contributed by atoms with Gasteiger partial charge in [0.2, 0.25) is 5.91 Å². The van der Waals surface area contributed by atoms with Crippen LogP contribution in [0.3, 0.4) is 0 Å². The van der Waals surface area contributed by atoms with Gasteiger partial charge in [0.1, 0.15) is 0 Å². The molecule has 0 aliphatic heterocycles. The Morgan fingerprint density at radius 1 is 1.29 bits per heavy atom. The summed E-state index contributed by atoms with van der Waals surface area (Å²) in [6.07, 6.45) is 8.91. The van der Waals surface area contributed by atoms with Gasteiger partial charge in [0, 0.05) is 18.9 Å². The molecule has 0 radical (unpaired) electrons. The normalized spacial score (nSPS) is 29.5. The second-order valence-electron chi connectivity index (χ2n) is 5.74. The van der Waals surface area contributed by atoms with E-state index in [1.54, 1.807) is 12.4 Å². The lowest BCUT2D eigenvalue weighted by Crippen LogP contribution is -2.40. The van der Waals surface area contributed by atoms with E-state index in [0.717, 1.165) is 12.0 Å². The first-order chi connectivity index (χ1) is 10.2. The highest BCUT2D eigenvalue weighted by Crippen LogP contribution is 2.48. The van der Waals surface area contributed by atoms with Gasteiger partial charge >= 0.3 is 5.97 Å². The van der Waals surface area contributed by atoms with Crippen molar-refractivity contribution in [2.45, 2.75) is 12.8 Å². The summed E-state index contributed by atoms with van der Waals surface area (Å²) < 4.78 is 0. The Hall–Kier alpha value is -2.17. The molecule has 3 rings (SSSR count). The van der Waals surface area contributed by atoms with Crippen molar-refractivity contribution in [1.82, 2.24) is 10.3 Å². The topological polar surface area (TPSA) is 79.3 Å². The van der Waals surface area contributed by atoms with Gasteiger partial charge in [-0.15, -0.1) is 0 Å². The molecule has 0 spiro atoms. The van der Waals surface area contributed by atoms with Gasteiger partial charge in [0.15, 0.2) is 0 Å². The van der Waals surface area contributed by atoms with Gasteiger partial charge < -0.3 is 10.4 Å². The van der Waals surface area contributed by atoms with Crippen LogP contribution in [0.5, 0.6) is 0 Å². The maximum atomic E-state index is 12.3. The van der Waals surface area contributed by atoms with E-state index in [4.69, 9.17) is 0 Å². The number of hydrogen-bond donors (Lipinski definition) is 2. The Kier molecular flexibility index (Phi) is 3.73. The molecule has 0 saturated heterocycles. The number of aliphatic carboxylic acids is 1. The number of carboxylic acids is 1. The zero-order chi connectivity index (χ0) is 14.8. The largest absolute Gasteiger partial charge is 0.481 e. The maximum Gasteiger partial charge on any atom is 0.307 e. The third-order valence-electron chi connectivity index (χ3n) is 4.48. The van der Waals surface area contributed by atoms with E-state index in [1.165, 1.54) is 0 Å². The lowest BCUT2D eigenvalue weighted by molar-refractivity contribution is -0.147. The van der Waals surface area contributed by atoms with E-state index in [2.05, 4.69) is 10.3 Å². The minimum Gasteiger partial charge on any atom is -0.481 e. The van der Waals surface area contributed by atoms with Crippen molar-refractivity contribution in [3.05, 3.63) is 42.2 Å². The minimum atomic E-state index is -0.862. The summed E-state index contributed by atoms with van der Waals surface area (Å²) in [6, 6.07) is 3.82. The standard InChI is InChI=1S/C16H18N2O3/c19-15(18-7-5-10-2-1-6-17-9-10)13-11-3-4-12(8-11)14(13)16(20)21/h1-4,6,9,11-14H,5,7-8H2,(H,18,19)(H,20,21). The molecule has 5 nitrogen and oxygen atoms in total. The van der Waals surface area contributed by atoms with E-state index >= 15 is 0 Å². The fourth-order valence-corrected chi connectivity index (χ4v) is 3.51. The summed E-state index contributed by atoms with van der Waals surface area (Å²) in [4.78, 5) is 27.7. The Labute approximate surface area is 123 Å². The molecule has 2 aliphatic carbocycles. The lowest BCUT2D eigenvalue weighted by atomic mass is 9.82. The third kappa shape index (κ3) is 2.68. The molecule has 1 amide bonds. The number of allylic oxidation sites excluding steroid dienone is 2. The van der Waals surface area contributed by atoms with Crippen LogP contribution in [0.25, 0.3) is 0 Å². The number of carboxylic acid groups (broad SMARTS) is 1. The Morgan fingerprint density at radius 3 is 2.71 bits per heavy atom. The summed E-state index contributed by atoms with van der Waals surface area (Å²) >= 11 is 0. The molecule has 0 aromatic carbocycles. The fraction of sp³-hybridized carbons (Fsp3) is 0.438. The van der Waals surface area contributed by atoms with Gasteiger partial charge in [-0.25, -0.2) is 0 Å². The van der Waals surface area contributed by atoms with Gasteiger partial charge in [-0.2, -0.15) is 0 Å². The van der Waals surface area contributed by atoms with E-state index in [-0.39, 0.29) is 17.7 Å². The van der Waals surface area contributed by atoms with Crippen LogP contribution in [-0.2, 0) is 16.0 Å². The van der Waals surface area contributed by atoms with Crippen molar-refractivity contribution < 1.29 is 14.7 Å². The van der Waals surface area contributed by atoms with Crippen molar-refractivity contribution in [1.29, 1.82) is 0 Å². The molecule has 1 heterocycles. The first kappa shape index (κ1) is 13.8. The van der Waals surface area contributed by atoms with Crippen LogP contribution in [0.2, 0.25) is 0 Å². The fourth-order valence-electron chi connectivity index (χ4n) is 3.51. The summed E-state index contributed by atoms with van der Waals surface area (Å²) in [5.41, 5.74) is 1.06. The molecule has 2 bridgehead atoms. The van der Waals surface area contributed by atoms with Gasteiger partial charge in [0.05, 0.1) is 11.8 Å². The van der Waals surface area contributed by atoms with Crippen molar-refractivity contribution in [3.8, 4) is 0 Å². The Bertz CT molecular complexity index is 570. The van der Waals surface area contributed by atoms with Gasteiger partial charge in [-0.05, 0) is 36.3 Å². The number of nitrogens with one attached hydrogen (secondary N) is 1. The Morgan fingerprint density at radius 2 is 2.05 bits per heavy atom.